The molecule has 2 N–H and O–H groups in total. The molecule has 0 amide bonds. The average Bonchev–Trinajstić information content (AvgIpc) is 2.93. The third-order valence-electron chi connectivity index (χ3n) is 3.52. The molecule has 0 aliphatic heterocycles. The maximum absolute atomic E-state index is 4.62. The molecule has 0 fully saturated rings. The lowest BCUT2D eigenvalue weighted by molar-refractivity contribution is 0.278. The third-order valence-corrected chi connectivity index (χ3v) is 4.37. The van der Waals surface area contributed by atoms with Crippen LogP contribution in [0.15, 0.2) is 10.4 Å². The molecule has 1 rings (SSSR count). The van der Waals surface area contributed by atoms with E-state index in [1.807, 2.05) is 0 Å². The van der Waals surface area contributed by atoms with Gasteiger partial charge in [-0.1, -0.05) is 13.8 Å². The second kappa shape index (κ2) is 9.79. The smallest absolute Gasteiger partial charge is 0.191 e. The molecule has 0 spiro atoms. The van der Waals surface area contributed by atoms with Crippen LogP contribution in [0.2, 0.25) is 0 Å². The summed E-state index contributed by atoms with van der Waals surface area (Å²) >= 11 is 1.69. The molecule has 5 nitrogen and oxygen atoms in total. The SMILES string of the molecule is CCNC(=NCc1nc(C(C)C)cs1)NCCN(C)C(C)C. The van der Waals surface area contributed by atoms with Gasteiger partial charge in [0.1, 0.15) is 5.01 Å². The van der Waals surface area contributed by atoms with Gasteiger partial charge in [-0.25, -0.2) is 9.98 Å². The van der Waals surface area contributed by atoms with Crippen LogP contribution in [-0.2, 0) is 6.54 Å². The average molecular weight is 326 g/mol. The molecule has 0 saturated carbocycles. The summed E-state index contributed by atoms with van der Waals surface area (Å²) in [5, 5.41) is 9.86. The number of rotatable bonds is 8. The van der Waals surface area contributed by atoms with Gasteiger partial charge >= 0.3 is 0 Å². The minimum atomic E-state index is 0.479. The van der Waals surface area contributed by atoms with E-state index in [1.165, 1.54) is 0 Å². The summed E-state index contributed by atoms with van der Waals surface area (Å²) in [6.45, 7) is 14.2. The van der Waals surface area contributed by atoms with E-state index in [4.69, 9.17) is 0 Å². The van der Waals surface area contributed by atoms with Crippen LogP contribution in [0.4, 0.5) is 0 Å². The van der Waals surface area contributed by atoms with Crippen molar-refractivity contribution in [3.05, 3.63) is 16.1 Å². The first kappa shape index (κ1) is 18.9. The molecule has 0 aliphatic rings. The van der Waals surface area contributed by atoms with E-state index in [2.05, 4.69) is 72.6 Å². The van der Waals surface area contributed by atoms with E-state index in [9.17, 15) is 0 Å². The summed E-state index contributed by atoms with van der Waals surface area (Å²) in [7, 11) is 2.14. The highest BCUT2D eigenvalue weighted by Gasteiger charge is 2.06. The maximum atomic E-state index is 4.62. The van der Waals surface area contributed by atoms with E-state index in [-0.39, 0.29) is 0 Å². The molecule has 0 saturated heterocycles. The Morgan fingerprint density at radius 3 is 2.59 bits per heavy atom. The number of hydrogen-bond acceptors (Lipinski definition) is 4. The van der Waals surface area contributed by atoms with Gasteiger partial charge in [-0.3, -0.25) is 0 Å². The monoisotopic (exact) mass is 325 g/mol. The Morgan fingerprint density at radius 2 is 2.05 bits per heavy atom. The topological polar surface area (TPSA) is 52.6 Å². The van der Waals surface area contributed by atoms with Crippen molar-refractivity contribution < 1.29 is 0 Å². The fraction of sp³-hybridized carbons (Fsp3) is 0.750. The molecule has 0 atom stereocenters. The van der Waals surface area contributed by atoms with Crippen molar-refractivity contribution in [2.24, 2.45) is 4.99 Å². The van der Waals surface area contributed by atoms with Gasteiger partial charge in [0.2, 0.25) is 0 Å². The Balaban J connectivity index is 2.50. The van der Waals surface area contributed by atoms with Crippen molar-refractivity contribution in [2.45, 2.75) is 53.1 Å². The number of aromatic nitrogens is 1. The van der Waals surface area contributed by atoms with Crippen LogP contribution < -0.4 is 10.6 Å². The zero-order valence-electron chi connectivity index (χ0n) is 14.8. The van der Waals surface area contributed by atoms with E-state index >= 15 is 0 Å². The first-order chi connectivity index (χ1) is 10.4. The second-order valence-electron chi connectivity index (χ2n) is 6.02. The Labute approximate surface area is 139 Å². The summed E-state index contributed by atoms with van der Waals surface area (Å²) in [4.78, 5) is 11.6. The number of thiazole rings is 1. The van der Waals surface area contributed by atoms with Crippen LogP contribution in [0, 0.1) is 0 Å². The molecule has 6 heteroatoms. The second-order valence-corrected chi connectivity index (χ2v) is 6.96. The van der Waals surface area contributed by atoms with Gasteiger partial charge in [0, 0.05) is 31.1 Å². The number of aliphatic imine (C=N–C) groups is 1. The summed E-state index contributed by atoms with van der Waals surface area (Å²) in [6, 6.07) is 0.561. The quantitative estimate of drug-likeness (QED) is 0.570. The summed E-state index contributed by atoms with van der Waals surface area (Å²) in [5.74, 6) is 1.34. The molecular formula is C16H31N5S. The molecule has 0 aliphatic carbocycles. The van der Waals surface area contributed by atoms with E-state index in [0.29, 0.717) is 18.5 Å². The normalized spacial score (nSPS) is 12.5. The van der Waals surface area contributed by atoms with Crippen molar-refractivity contribution >= 4 is 17.3 Å². The van der Waals surface area contributed by atoms with Gasteiger partial charge in [-0.15, -0.1) is 11.3 Å². The number of likely N-dealkylation sites (N-methyl/N-ethyl adjacent to an activating group) is 1. The van der Waals surface area contributed by atoms with Crippen molar-refractivity contribution in [1.29, 1.82) is 0 Å². The number of nitrogens with one attached hydrogen (secondary N) is 2. The molecule has 0 bridgehead atoms. The van der Waals surface area contributed by atoms with Crippen molar-refractivity contribution in [3.63, 3.8) is 0 Å². The maximum Gasteiger partial charge on any atom is 0.191 e. The summed E-state index contributed by atoms with van der Waals surface area (Å²) < 4.78 is 0. The van der Waals surface area contributed by atoms with Crippen molar-refractivity contribution in [2.75, 3.05) is 26.7 Å². The molecular weight excluding hydrogens is 294 g/mol. The van der Waals surface area contributed by atoms with Crippen LogP contribution in [0.3, 0.4) is 0 Å². The Bertz CT molecular complexity index is 453. The predicted octanol–water partition coefficient (Wildman–Crippen LogP) is 2.66. The lowest BCUT2D eigenvalue weighted by Crippen LogP contribution is -2.42. The van der Waals surface area contributed by atoms with E-state index in [1.54, 1.807) is 11.3 Å². The number of hydrogen-bond donors (Lipinski definition) is 2. The number of guanidine groups is 1. The highest BCUT2D eigenvalue weighted by Crippen LogP contribution is 2.18. The fourth-order valence-corrected chi connectivity index (χ4v) is 2.64. The van der Waals surface area contributed by atoms with Gasteiger partial charge in [0.05, 0.1) is 12.2 Å². The van der Waals surface area contributed by atoms with Crippen LogP contribution in [0.25, 0.3) is 0 Å². The summed E-state index contributed by atoms with van der Waals surface area (Å²) in [6.07, 6.45) is 0. The Morgan fingerprint density at radius 1 is 1.32 bits per heavy atom. The molecule has 1 aromatic rings. The van der Waals surface area contributed by atoms with Gasteiger partial charge in [0.25, 0.3) is 0 Å². The van der Waals surface area contributed by atoms with Gasteiger partial charge in [0.15, 0.2) is 5.96 Å². The molecule has 22 heavy (non-hydrogen) atoms. The highest BCUT2D eigenvalue weighted by molar-refractivity contribution is 7.09. The van der Waals surface area contributed by atoms with Crippen LogP contribution in [0.1, 0.15) is 51.2 Å². The van der Waals surface area contributed by atoms with E-state index < -0.39 is 0 Å². The van der Waals surface area contributed by atoms with Crippen LogP contribution in [0.5, 0.6) is 0 Å². The van der Waals surface area contributed by atoms with Gasteiger partial charge in [-0.2, -0.15) is 0 Å². The summed E-state index contributed by atoms with van der Waals surface area (Å²) in [5.41, 5.74) is 1.16. The molecule has 1 heterocycles. The third kappa shape index (κ3) is 6.75. The first-order valence-corrected chi connectivity index (χ1v) is 8.98. The molecule has 1 aromatic heterocycles. The van der Waals surface area contributed by atoms with Gasteiger partial charge in [-0.05, 0) is 33.7 Å². The lowest BCUT2D eigenvalue weighted by atomic mass is 10.2. The first-order valence-electron chi connectivity index (χ1n) is 8.10. The Kier molecular flexibility index (Phi) is 8.42. The Hall–Kier alpha value is -1.14. The molecule has 0 radical (unpaired) electrons. The standard InChI is InChI=1S/C16H31N5S/c1-7-17-16(18-8-9-21(6)13(4)5)19-10-15-20-14(11-22-15)12(2)3/h11-13H,7-10H2,1-6H3,(H2,17,18,19). The minimum absolute atomic E-state index is 0.479. The minimum Gasteiger partial charge on any atom is -0.357 e. The van der Waals surface area contributed by atoms with Crippen molar-refractivity contribution in [3.8, 4) is 0 Å². The van der Waals surface area contributed by atoms with Crippen molar-refractivity contribution in [1.82, 2.24) is 20.5 Å². The lowest BCUT2D eigenvalue weighted by Gasteiger charge is -2.21. The number of nitrogens with zero attached hydrogens (tertiary/aromatic N) is 3. The largest absolute Gasteiger partial charge is 0.357 e. The zero-order chi connectivity index (χ0) is 16.5. The fourth-order valence-electron chi connectivity index (χ4n) is 1.76. The molecule has 126 valence electrons. The van der Waals surface area contributed by atoms with E-state index in [0.717, 1.165) is 36.3 Å². The zero-order valence-corrected chi connectivity index (χ0v) is 15.6. The van der Waals surface area contributed by atoms with Crippen LogP contribution >= 0.6 is 11.3 Å². The van der Waals surface area contributed by atoms with Gasteiger partial charge < -0.3 is 15.5 Å². The predicted molar refractivity (Wildman–Crippen MR) is 96.8 cm³/mol. The van der Waals surface area contributed by atoms with Crippen LogP contribution in [-0.4, -0.2) is 48.6 Å². The molecule has 0 aromatic carbocycles. The molecule has 0 unspecified atom stereocenters. The highest BCUT2D eigenvalue weighted by atomic mass is 32.1.